The van der Waals surface area contributed by atoms with Crippen LogP contribution in [0.25, 0.3) is 0 Å². The number of nitrogens with zero attached hydrogens (tertiary/aromatic N) is 4. The molecular weight excluding hydrogens is 316 g/mol. The van der Waals surface area contributed by atoms with Crippen LogP contribution in [0, 0.1) is 27.7 Å². The number of aromatic nitrogens is 4. The third kappa shape index (κ3) is 4.84. The highest BCUT2D eigenvalue weighted by Crippen LogP contribution is 2.14. The highest BCUT2D eigenvalue weighted by atomic mass is 16.2. The van der Waals surface area contributed by atoms with E-state index in [2.05, 4.69) is 27.8 Å². The van der Waals surface area contributed by atoms with E-state index in [-0.39, 0.29) is 18.1 Å². The Labute approximate surface area is 149 Å². The minimum absolute atomic E-state index is 0.00735. The van der Waals surface area contributed by atoms with Crippen molar-refractivity contribution in [2.45, 2.75) is 66.6 Å². The van der Waals surface area contributed by atoms with Gasteiger partial charge in [-0.05, 0) is 59.6 Å². The predicted molar refractivity (Wildman–Crippen MR) is 98.7 cm³/mol. The van der Waals surface area contributed by atoms with Gasteiger partial charge in [-0.2, -0.15) is 10.2 Å². The molecule has 0 saturated heterocycles. The van der Waals surface area contributed by atoms with Gasteiger partial charge < -0.3 is 10.6 Å². The Morgan fingerprint density at radius 3 is 2.28 bits per heavy atom. The van der Waals surface area contributed by atoms with Crippen LogP contribution in [0.15, 0.2) is 6.07 Å². The second kappa shape index (κ2) is 7.72. The van der Waals surface area contributed by atoms with Crippen molar-refractivity contribution in [2.24, 2.45) is 7.05 Å². The Hall–Kier alpha value is -2.31. The van der Waals surface area contributed by atoms with Gasteiger partial charge in [0.25, 0.3) is 0 Å². The number of amides is 2. The van der Waals surface area contributed by atoms with Crippen LogP contribution < -0.4 is 10.6 Å². The van der Waals surface area contributed by atoms with Crippen molar-refractivity contribution < 1.29 is 4.79 Å². The molecule has 2 aromatic heterocycles. The van der Waals surface area contributed by atoms with Gasteiger partial charge in [0.05, 0.1) is 17.9 Å². The smallest absolute Gasteiger partial charge is 0.315 e. The zero-order chi connectivity index (χ0) is 18.7. The van der Waals surface area contributed by atoms with Gasteiger partial charge in [-0.1, -0.05) is 0 Å². The molecule has 2 heterocycles. The molecule has 2 aromatic rings. The highest BCUT2D eigenvalue weighted by molar-refractivity contribution is 5.74. The lowest BCUT2D eigenvalue weighted by molar-refractivity contribution is 0.233. The molecule has 0 aliphatic heterocycles. The highest BCUT2D eigenvalue weighted by Gasteiger charge is 2.16. The molecule has 0 aliphatic rings. The first-order valence-electron chi connectivity index (χ1n) is 8.74. The summed E-state index contributed by atoms with van der Waals surface area (Å²) < 4.78 is 3.81. The lowest BCUT2D eigenvalue weighted by atomic mass is 10.1. The van der Waals surface area contributed by atoms with Gasteiger partial charge in [0.15, 0.2) is 0 Å². The Morgan fingerprint density at radius 1 is 1.12 bits per heavy atom. The number of aryl methyl sites for hydroxylation is 4. The standard InChI is InChI=1S/C18H30N6O/c1-11(9-17-15(5)22-23(7)16(17)6)19-18(25)20-13(3)10-24-14(4)8-12(2)21-24/h8,11,13H,9-10H2,1-7H3,(H2,19,20,25). The molecule has 0 aromatic carbocycles. The van der Waals surface area contributed by atoms with Crippen molar-refractivity contribution in [3.8, 4) is 0 Å². The Bertz CT molecular complexity index is 745. The van der Waals surface area contributed by atoms with Crippen LogP contribution in [-0.4, -0.2) is 37.7 Å². The maximum absolute atomic E-state index is 12.2. The summed E-state index contributed by atoms with van der Waals surface area (Å²) in [6.45, 7) is 12.7. The number of carbonyl (C=O) groups excluding carboxylic acids is 1. The van der Waals surface area contributed by atoms with E-state index in [0.29, 0.717) is 6.54 Å². The van der Waals surface area contributed by atoms with E-state index >= 15 is 0 Å². The van der Waals surface area contributed by atoms with Crippen molar-refractivity contribution in [1.82, 2.24) is 30.2 Å². The van der Waals surface area contributed by atoms with Crippen LogP contribution in [0.4, 0.5) is 4.79 Å². The molecule has 0 saturated carbocycles. The molecule has 0 spiro atoms. The maximum atomic E-state index is 12.2. The molecule has 138 valence electrons. The number of nitrogens with one attached hydrogen (secondary N) is 2. The van der Waals surface area contributed by atoms with Gasteiger partial charge in [-0.25, -0.2) is 4.79 Å². The molecule has 0 fully saturated rings. The van der Waals surface area contributed by atoms with E-state index in [1.807, 2.05) is 57.1 Å². The molecular formula is C18H30N6O. The Morgan fingerprint density at radius 2 is 1.76 bits per heavy atom. The quantitative estimate of drug-likeness (QED) is 0.841. The lowest BCUT2D eigenvalue weighted by Crippen LogP contribution is -2.46. The average Bonchev–Trinajstić information content (AvgIpc) is 2.91. The van der Waals surface area contributed by atoms with Crippen molar-refractivity contribution in [2.75, 3.05) is 0 Å². The van der Waals surface area contributed by atoms with Crippen LogP contribution in [0.3, 0.4) is 0 Å². The fraction of sp³-hybridized carbons (Fsp3) is 0.611. The van der Waals surface area contributed by atoms with E-state index in [1.165, 1.54) is 5.56 Å². The topological polar surface area (TPSA) is 76.8 Å². The van der Waals surface area contributed by atoms with Gasteiger partial charge >= 0.3 is 6.03 Å². The first kappa shape index (κ1) is 19.0. The van der Waals surface area contributed by atoms with E-state index in [4.69, 9.17) is 0 Å². The minimum atomic E-state index is -0.152. The normalized spacial score (nSPS) is 13.6. The summed E-state index contributed by atoms with van der Waals surface area (Å²) >= 11 is 0. The summed E-state index contributed by atoms with van der Waals surface area (Å²) in [6, 6.07) is 1.91. The summed E-state index contributed by atoms with van der Waals surface area (Å²) in [7, 11) is 1.94. The number of urea groups is 1. The number of rotatable bonds is 6. The van der Waals surface area contributed by atoms with E-state index < -0.39 is 0 Å². The lowest BCUT2D eigenvalue weighted by Gasteiger charge is -2.19. The third-order valence-electron chi connectivity index (χ3n) is 4.47. The molecule has 0 radical (unpaired) electrons. The van der Waals surface area contributed by atoms with Crippen molar-refractivity contribution in [3.63, 3.8) is 0 Å². The van der Waals surface area contributed by atoms with Crippen LogP contribution in [-0.2, 0) is 20.0 Å². The molecule has 2 unspecified atom stereocenters. The monoisotopic (exact) mass is 346 g/mol. The molecule has 2 amide bonds. The molecule has 7 nitrogen and oxygen atoms in total. The molecule has 2 rings (SSSR count). The third-order valence-corrected chi connectivity index (χ3v) is 4.47. The largest absolute Gasteiger partial charge is 0.335 e. The summed E-state index contributed by atoms with van der Waals surface area (Å²) in [5.74, 6) is 0. The van der Waals surface area contributed by atoms with Gasteiger partial charge in [0, 0.05) is 30.5 Å². The Balaban J connectivity index is 1.85. The molecule has 0 bridgehead atoms. The molecule has 25 heavy (non-hydrogen) atoms. The molecule has 0 aliphatic carbocycles. The van der Waals surface area contributed by atoms with E-state index in [0.717, 1.165) is 29.2 Å². The average molecular weight is 346 g/mol. The first-order chi connectivity index (χ1) is 11.7. The van der Waals surface area contributed by atoms with Crippen molar-refractivity contribution >= 4 is 6.03 Å². The molecule has 2 atom stereocenters. The van der Waals surface area contributed by atoms with Gasteiger partial charge in [0.2, 0.25) is 0 Å². The minimum Gasteiger partial charge on any atom is -0.335 e. The molecule has 2 N–H and O–H groups in total. The van der Waals surface area contributed by atoms with Gasteiger partial charge in [0.1, 0.15) is 0 Å². The van der Waals surface area contributed by atoms with Crippen molar-refractivity contribution in [1.29, 1.82) is 0 Å². The Kier molecular flexibility index (Phi) is 5.87. The fourth-order valence-corrected chi connectivity index (χ4v) is 3.12. The first-order valence-corrected chi connectivity index (χ1v) is 8.74. The second-order valence-corrected chi connectivity index (χ2v) is 7.01. The SMILES string of the molecule is Cc1cc(C)n(CC(C)NC(=O)NC(C)Cc2c(C)nn(C)c2C)n1. The number of hydrogen-bond donors (Lipinski definition) is 2. The van der Waals surface area contributed by atoms with Gasteiger partial charge in [-0.3, -0.25) is 9.36 Å². The van der Waals surface area contributed by atoms with Crippen LogP contribution in [0.1, 0.15) is 42.2 Å². The molecule has 7 heteroatoms. The van der Waals surface area contributed by atoms with Crippen molar-refractivity contribution in [3.05, 3.63) is 34.4 Å². The van der Waals surface area contributed by atoms with E-state index in [1.54, 1.807) is 0 Å². The van der Waals surface area contributed by atoms with Crippen LogP contribution >= 0.6 is 0 Å². The fourth-order valence-electron chi connectivity index (χ4n) is 3.12. The van der Waals surface area contributed by atoms with Gasteiger partial charge in [-0.15, -0.1) is 0 Å². The summed E-state index contributed by atoms with van der Waals surface area (Å²) in [5, 5.41) is 14.9. The summed E-state index contributed by atoms with van der Waals surface area (Å²) in [6.07, 6.45) is 0.769. The van der Waals surface area contributed by atoms with Crippen LogP contribution in [0.2, 0.25) is 0 Å². The zero-order valence-corrected chi connectivity index (χ0v) is 16.3. The predicted octanol–water partition coefficient (Wildman–Crippen LogP) is 2.17. The zero-order valence-electron chi connectivity index (χ0n) is 16.3. The second-order valence-electron chi connectivity index (χ2n) is 7.01. The number of hydrogen-bond acceptors (Lipinski definition) is 3. The summed E-state index contributed by atoms with van der Waals surface area (Å²) in [5.41, 5.74) is 5.45. The van der Waals surface area contributed by atoms with Crippen LogP contribution in [0.5, 0.6) is 0 Å². The summed E-state index contributed by atoms with van der Waals surface area (Å²) in [4.78, 5) is 12.2. The maximum Gasteiger partial charge on any atom is 0.315 e. The number of carbonyl (C=O) groups is 1. The van der Waals surface area contributed by atoms with E-state index in [9.17, 15) is 4.79 Å².